The maximum absolute atomic E-state index is 12.9. The van der Waals surface area contributed by atoms with Crippen molar-refractivity contribution in [2.75, 3.05) is 0 Å². The van der Waals surface area contributed by atoms with Crippen LogP contribution in [0.25, 0.3) is 10.9 Å². The van der Waals surface area contributed by atoms with Gasteiger partial charge in [0, 0.05) is 10.7 Å². The first kappa shape index (κ1) is 18.7. The maximum Gasteiger partial charge on any atom is 0.411 e. The molecule has 3 aromatic rings. The Morgan fingerprint density at radius 1 is 1.36 bits per heavy atom. The zero-order valence-electron chi connectivity index (χ0n) is 15.8. The summed E-state index contributed by atoms with van der Waals surface area (Å²) in [4.78, 5) is 30.8. The van der Waals surface area contributed by atoms with Gasteiger partial charge in [0.2, 0.25) is 0 Å². The molecule has 1 aliphatic rings. The van der Waals surface area contributed by atoms with Gasteiger partial charge in [0.15, 0.2) is 0 Å². The van der Waals surface area contributed by atoms with Crippen LogP contribution in [0.15, 0.2) is 50.4 Å². The normalized spacial score (nSPS) is 16.4. The smallest absolute Gasteiger partial charge is 0.411 e. The van der Waals surface area contributed by atoms with E-state index in [1.54, 1.807) is 23.4 Å². The van der Waals surface area contributed by atoms with Gasteiger partial charge in [-0.25, -0.2) is 14.3 Å². The Kier molecular flexibility index (Phi) is 4.53. The summed E-state index contributed by atoms with van der Waals surface area (Å²) in [6.45, 7) is 6.23. The molecule has 1 aromatic carbocycles. The number of fused-ring (bicyclic) bond motifs is 2. The summed E-state index contributed by atoms with van der Waals surface area (Å²) < 4.78 is 13.5. The second-order valence-corrected chi connectivity index (χ2v) is 8.72. The Morgan fingerprint density at radius 2 is 2.14 bits per heavy atom. The standard InChI is InChI=1S/C20H20BrN3O4/c1-20(2,3)27-19(26)23-10-12-8-13(21)4-5-14(12)17(23)11-24-16-9-22-7-6-15(16)18(25)28-24/h4-9,17H,10-11H2,1-3H3/t17-/m0/s1. The van der Waals surface area contributed by atoms with Crippen molar-refractivity contribution >= 4 is 32.9 Å². The molecular weight excluding hydrogens is 426 g/mol. The van der Waals surface area contributed by atoms with E-state index in [9.17, 15) is 9.59 Å². The lowest BCUT2D eigenvalue weighted by atomic mass is 10.1. The number of carbonyl (C=O) groups excluding carboxylic acids is 1. The molecule has 1 amide bonds. The van der Waals surface area contributed by atoms with Crippen LogP contribution >= 0.6 is 15.9 Å². The molecule has 0 aliphatic carbocycles. The molecule has 0 spiro atoms. The Hall–Kier alpha value is -2.61. The summed E-state index contributed by atoms with van der Waals surface area (Å²) in [5.74, 6) is 0. The minimum absolute atomic E-state index is 0.290. The lowest BCUT2D eigenvalue weighted by Crippen LogP contribution is -2.37. The van der Waals surface area contributed by atoms with Crippen molar-refractivity contribution in [3.63, 3.8) is 0 Å². The molecule has 0 unspecified atom stereocenters. The van der Waals surface area contributed by atoms with Gasteiger partial charge < -0.3 is 9.26 Å². The van der Waals surface area contributed by atoms with E-state index >= 15 is 0 Å². The number of hydrogen-bond acceptors (Lipinski definition) is 5. The third-order valence-electron chi connectivity index (χ3n) is 4.63. The van der Waals surface area contributed by atoms with Crippen molar-refractivity contribution in [2.45, 2.75) is 45.5 Å². The van der Waals surface area contributed by atoms with Crippen LogP contribution in [-0.2, 0) is 17.8 Å². The SMILES string of the molecule is CC(C)(C)OC(=O)N1Cc2cc(Br)ccc2[C@@H]1Cn1oc(=O)c2ccncc21. The summed E-state index contributed by atoms with van der Waals surface area (Å²) in [6.07, 6.45) is 2.75. The largest absolute Gasteiger partial charge is 0.444 e. The summed E-state index contributed by atoms with van der Waals surface area (Å²) in [5.41, 5.74) is 1.61. The molecule has 1 atom stereocenters. The number of amides is 1. The van der Waals surface area contributed by atoms with Crippen LogP contribution in [0, 0.1) is 0 Å². The number of hydrogen-bond donors (Lipinski definition) is 0. The van der Waals surface area contributed by atoms with Gasteiger partial charge in [-0.15, -0.1) is 0 Å². The highest BCUT2D eigenvalue weighted by atomic mass is 79.9. The first-order chi connectivity index (χ1) is 13.2. The minimum atomic E-state index is -0.604. The number of halogens is 1. The molecule has 4 rings (SSSR count). The molecule has 0 saturated heterocycles. The van der Waals surface area contributed by atoms with Crippen molar-refractivity contribution in [1.29, 1.82) is 0 Å². The molecule has 0 N–H and O–H groups in total. The second-order valence-electron chi connectivity index (χ2n) is 7.80. The number of carbonyl (C=O) groups is 1. The third kappa shape index (κ3) is 3.44. The first-order valence-electron chi connectivity index (χ1n) is 8.95. The Labute approximate surface area is 170 Å². The van der Waals surface area contributed by atoms with Crippen molar-refractivity contribution < 1.29 is 14.1 Å². The first-order valence-corrected chi connectivity index (χ1v) is 9.74. The van der Waals surface area contributed by atoms with E-state index in [2.05, 4.69) is 20.9 Å². The van der Waals surface area contributed by atoms with Crippen LogP contribution in [0.2, 0.25) is 0 Å². The molecule has 0 radical (unpaired) electrons. The van der Waals surface area contributed by atoms with Gasteiger partial charge in [-0.3, -0.25) is 9.88 Å². The lowest BCUT2D eigenvalue weighted by Gasteiger charge is -2.28. The summed E-state index contributed by atoms with van der Waals surface area (Å²) >= 11 is 3.49. The third-order valence-corrected chi connectivity index (χ3v) is 5.12. The van der Waals surface area contributed by atoms with Gasteiger partial charge in [0.1, 0.15) is 11.1 Å². The average molecular weight is 446 g/mol. The zero-order chi connectivity index (χ0) is 20.1. The predicted octanol–water partition coefficient (Wildman–Crippen LogP) is 4.24. The van der Waals surface area contributed by atoms with E-state index in [1.807, 2.05) is 39.0 Å². The molecule has 2 aromatic heterocycles. The van der Waals surface area contributed by atoms with E-state index in [0.29, 0.717) is 17.4 Å². The van der Waals surface area contributed by atoms with Crippen molar-refractivity contribution in [3.8, 4) is 0 Å². The fraction of sp³-hybridized carbons (Fsp3) is 0.350. The molecule has 3 heterocycles. The Balaban J connectivity index is 1.74. The van der Waals surface area contributed by atoms with E-state index in [-0.39, 0.29) is 12.6 Å². The maximum atomic E-state index is 12.9. The molecule has 0 saturated carbocycles. The molecular formula is C20H20BrN3O4. The van der Waals surface area contributed by atoms with Crippen LogP contribution in [0.5, 0.6) is 0 Å². The van der Waals surface area contributed by atoms with Gasteiger partial charge >= 0.3 is 11.7 Å². The van der Waals surface area contributed by atoms with E-state index in [0.717, 1.165) is 15.6 Å². The summed E-state index contributed by atoms with van der Waals surface area (Å²) in [5, 5.41) is 0.466. The monoisotopic (exact) mass is 445 g/mol. The quantitative estimate of drug-likeness (QED) is 0.589. The van der Waals surface area contributed by atoms with Crippen molar-refractivity contribution in [1.82, 2.24) is 14.6 Å². The number of benzene rings is 1. The van der Waals surface area contributed by atoms with Gasteiger partial charge in [-0.2, -0.15) is 0 Å². The van der Waals surface area contributed by atoms with Crippen molar-refractivity contribution in [2.24, 2.45) is 0 Å². The van der Waals surface area contributed by atoms with Gasteiger partial charge in [-0.05, 0) is 50.1 Å². The predicted molar refractivity (Wildman–Crippen MR) is 107 cm³/mol. The fourth-order valence-corrected chi connectivity index (χ4v) is 3.86. The minimum Gasteiger partial charge on any atom is -0.444 e. The molecule has 0 bridgehead atoms. The molecule has 146 valence electrons. The highest BCUT2D eigenvalue weighted by Crippen LogP contribution is 2.37. The molecule has 28 heavy (non-hydrogen) atoms. The zero-order valence-corrected chi connectivity index (χ0v) is 17.4. The molecule has 8 heteroatoms. The lowest BCUT2D eigenvalue weighted by molar-refractivity contribution is 0.0134. The summed E-state index contributed by atoms with van der Waals surface area (Å²) in [6, 6.07) is 7.23. The molecule has 7 nitrogen and oxygen atoms in total. The van der Waals surface area contributed by atoms with Gasteiger partial charge in [0.25, 0.3) is 0 Å². The van der Waals surface area contributed by atoms with Crippen LogP contribution in [0.4, 0.5) is 4.79 Å². The number of ether oxygens (including phenoxy) is 1. The Bertz CT molecular complexity index is 1110. The number of nitrogens with zero attached hydrogens (tertiary/aromatic N) is 3. The van der Waals surface area contributed by atoms with Crippen LogP contribution in [0.1, 0.15) is 37.9 Å². The van der Waals surface area contributed by atoms with E-state index in [1.165, 1.54) is 4.74 Å². The number of pyridine rings is 1. The Morgan fingerprint density at radius 3 is 2.89 bits per heavy atom. The van der Waals surface area contributed by atoms with E-state index < -0.39 is 17.3 Å². The average Bonchev–Trinajstić information content (AvgIpc) is 3.12. The topological polar surface area (TPSA) is 77.6 Å². The fourth-order valence-electron chi connectivity index (χ4n) is 3.46. The van der Waals surface area contributed by atoms with Crippen LogP contribution in [-0.4, -0.2) is 26.3 Å². The van der Waals surface area contributed by atoms with Crippen molar-refractivity contribution in [3.05, 3.63) is 62.7 Å². The van der Waals surface area contributed by atoms with Crippen LogP contribution < -0.4 is 5.63 Å². The molecule has 0 fully saturated rings. The summed E-state index contributed by atoms with van der Waals surface area (Å²) in [7, 11) is 0. The van der Waals surface area contributed by atoms with E-state index in [4.69, 9.17) is 9.26 Å². The second kappa shape index (κ2) is 6.77. The van der Waals surface area contributed by atoms with Crippen LogP contribution in [0.3, 0.4) is 0 Å². The number of aromatic nitrogens is 2. The highest BCUT2D eigenvalue weighted by molar-refractivity contribution is 9.10. The number of rotatable bonds is 2. The van der Waals surface area contributed by atoms with Gasteiger partial charge in [0.05, 0.1) is 30.7 Å². The molecule has 1 aliphatic heterocycles. The van der Waals surface area contributed by atoms with Gasteiger partial charge in [-0.1, -0.05) is 22.0 Å². The highest BCUT2D eigenvalue weighted by Gasteiger charge is 2.37.